The summed E-state index contributed by atoms with van der Waals surface area (Å²) >= 11 is 6.96. The quantitative estimate of drug-likeness (QED) is 0.196. The first-order chi connectivity index (χ1) is 13.5. The summed E-state index contributed by atoms with van der Waals surface area (Å²) in [7, 11) is 0. The van der Waals surface area contributed by atoms with Crippen LogP contribution in [0, 0.1) is 0 Å². The van der Waals surface area contributed by atoms with E-state index in [1.165, 1.54) is 0 Å². The maximum Gasteiger partial charge on any atom is 0.269 e. The third kappa shape index (κ3) is 6.92. The number of nitrogens with two attached hydrogens (primary N) is 1. The molecule has 4 N–H and O–H groups in total. The van der Waals surface area contributed by atoms with Gasteiger partial charge in [-0.2, -0.15) is 0 Å². The number of benzene rings is 2. The number of rotatable bonds is 10. The SMILES string of the molecule is NCCCOc1c(Br)cc(C/C(=N\O)C(=O)NCCc2ccccc2)cc1Br. The Kier molecular flexibility index (Phi) is 9.46. The molecule has 1 amide bonds. The largest absolute Gasteiger partial charge is 0.491 e. The number of carbonyl (C=O) groups excluding carboxylic acids is 1. The molecule has 8 heteroatoms. The highest BCUT2D eigenvalue weighted by Crippen LogP contribution is 2.35. The average molecular weight is 513 g/mol. The molecule has 0 aliphatic rings. The molecule has 2 rings (SSSR count). The van der Waals surface area contributed by atoms with Crippen LogP contribution in [0.1, 0.15) is 17.5 Å². The van der Waals surface area contributed by atoms with Crippen LogP contribution in [-0.4, -0.2) is 36.5 Å². The van der Waals surface area contributed by atoms with Crippen molar-refractivity contribution in [2.45, 2.75) is 19.3 Å². The van der Waals surface area contributed by atoms with Crippen LogP contribution in [-0.2, 0) is 17.6 Å². The van der Waals surface area contributed by atoms with Crippen molar-refractivity contribution in [3.05, 3.63) is 62.5 Å². The Morgan fingerprint density at radius 1 is 1.14 bits per heavy atom. The zero-order valence-electron chi connectivity index (χ0n) is 15.3. The predicted molar refractivity (Wildman–Crippen MR) is 117 cm³/mol. The number of halogens is 2. The van der Waals surface area contributed by atoms with E-state index in [4.69, 9.17) is 10.5 Å². The highest BCUT2D eigenvalue weighted by atomic mass is 79.9. The third-order valence-electron chi connectivity index (χ3n) is 3.95. The Bertz CT molecular complexity index is 791. The van der Waals surface area contributed by atoms with Crippen LogP contribution in [0.3, 0.4) is 0 Å². The number of hydrogen-bond donors (Lipinski definition) is 3. The summed E-state index contributed by atoms with van der Waals surface area (Å²) in [5.41, 5.74) is 7.46. The lowest BCUT2D eigenvalue weighted by molar-refractivity contribution is -0.115. The number of carbonyl (C=O) groups is 1. The second-order valence-corrected chi connectivity index (χ2v) is 7.80. The van der Waals surface area contributed by atoms with E-state index in [1.807, 2.05) is 42.5 Å². The molecule has 0 fully saturated rings. The lowest BCUT2D eigenvalue weighted by Gasteiger charge is -2.12. The molecule has 2 aromatic carbocycles. The van der Waals surface area contributed by atoms with E-state index in [0.717, 1.165) is 26.5 Å². The molecule has 6 nitrogen and oxygen atoms in total. The number of nitrogens with zero attached hydrogens (tertiary/aromatic N) is 1. The van der Waals surface area contributed by atoms with Gasteiger partial charge in [-0.3, -0.25) is 4.79 Å². The van der Waals surface area contributed by atoms with Gasteiger partial charge in [0, 0.05) is 13.0 Å². The summed E-state index contributed by atoms with van der Waals surface area (Å²) in [6.07, 6.45) is 1.65. The van der Waals surface area contributed by atoms with Crippen molar-refractivity contribution < 1.29 is 14.7 Å². The maximum atomic E-state index is 12.3. The fourth-order valence-corrected chi connectivity index (χ4v) is 4.04. The number of hydrogen-bond acceptors (Lipinski definition) is 5. The van der Waals surface area contributed by atoms with Gasteiger partial charge in [0.1, 0.15) is 11.5 Å². The minimum atomic E-state index is -0.394. The fraction of sp³-hybridized carbons (Fsp3) is 0.300. The van der Waals surface area contributed by atoms with Crippen molar-refractivity contribution in [2.75, 3.05) is 19.7 Å². The smallest absolute Gasteiger partial charge is 0.269 e. The van der Waals surface area contributed by atoms with Gasteiger partial charge in [-0.05, 0) is 74.5 Å². The van der Waals surface area contributed by atoms with Gasteiger partial charge >= 0.3 is 0 Å². The summed E-state index contributed by atoms with van der Waals surface area (Å²) < 4.78 is 7.20. The van der Waals surface area contributed by atoms with Gasteiger partial charge in [0.2, 0.25) is 0 Å². The van der Waals surface area contributed by atoms with Gasteiger partial charge in [-0.1, -0.05) is 35.5 Å². The molecule has 2 aromatic rings. The van der Waals surface area contributed by atoms with E-state index in [9.17, 15) is 10.0 Å². The van der Waals surface area contributed by atoms with E-state index in [-0.39, 0.29) is 12.1 Å². The first kappa shape index (κ1) is 22.4. The molecule has 0 atom stereocenters. The first-order valence-electron chi connectivity index (χ1n) is 8.89. The summed E-state index contributed by atoms with van der Waals surface area (Å²) in [4.78, 5) is 12.3. The van der Waals surface area contributed by atoms with Crippen molar-refractivity contribution in [2.24, 2.45) is 10.9 Å². The second-order valence-electron chi connectivity index (χ2n) is 6.09. The van der Waals surface area contributed by atoms with Crippen LogP contribution < -0.4 is 15.8 Å². The minimum absolute atomic E-state index is 0.0451. The van der Waals surface area contributed by atoms with Gasteiger partial charge in [0.05, 0.1) is 15.6 Å². The Morgan fingerprint density at radius 2 is 1.82 bits per heavy atom. The molecule has 0 spiro atoms. The molecular weight excluding hydrogens is 490 g/mol. The Morgan fingerprint density at radius 3 is 2.43 bits per heavy atom. The van der Waals surface area contributed by atoms with Gasteiger partial charge in [0.15, 0.2) is 0 Å². The van der Waals surface area contributed by atoms with Crippen molar-refractivity contribution >= 4 is 43.5 Å². The molecule has 0 unspecified atom stereocenters. The molecule has 0 radical (unpaired) electrons. The van der Waals surface area contributed by atoms with Gasteiger partial charge in [-0.15, -0.1) is 0 Å². The van der Waals surface area contributed by atoms with E-state index in [0.29, 0.717) is 31.9 Å². The monoisotopic (exact) mass is 511 g/mol. The molecule has 0 aromatic heterocycles. The third-order valence-corrected chi connectivity index (χ3v) is 5.13. The van der Waals surface area contributed by atoms with E-state index in [2.05, 4.69) is 42.3 Å². The van der Waals surface area contributed by atoms with Crippen molar-refractivity contribution in [3.63, 3.8) is 0 Å². The zero-order valence-corrected chi connectivity index (χ0v) is 18.5. The predicted octanol–water partition coefficient (Wildman–Crippen LogP) is 3.67. The first-order valence-corrected chi connectivity index (χ1v) is 10.5. The Balaban J connectivity index is 1.95. The normalized spacial score (nSPS) is 11.3. The van der Waals surface area contributed by atoms with Crippen LogP contribution >= 0.6 is 31.9 Å². The summed E-state index contributed by atoms with van der Waals surface area (Å²) in [6.45, 7) is 1.53. The molecule has 28 heavy (non-hydrogen) atoms. The van der Waals surface area contributed by atoms with Gasteiger partial charge in [0.25, 0.3) is 5.91 Å². The Hall–Kier alpha value is -1.90. The van der Waals surface area contributed by atoms with Crippen molar-refractivity contribution in [1.82, 2.24) is 5.32 Å². The lowest BCUT2D eigenvalue weighted by Crippen LogP contribution is -2.33. The highest BCUT2D eigenvalue weighted by Gasteiger charge is 2.16. The van der Waals surface area contributed by atoms with Crippen LogP contribution in [0.2, 0.25) is 0 Å². The Labute approximate surface area is 181 Å². The van der Waals surface area contributed by atoms with Crippen LogP contribution in [0.25, 0.3) is 0 Å². The molecule has 0 heterocycles. The van der Waals surface area contributed by atoms with E-state index >= 15 is 0 Å². The summed E-state index contributed by atoms with van der Waals surface area (Å²) in [5.74, 6) is 0.279. The van der Waals surface area contributed by atoms with Crippen molar-refractivity contribution in [1.29, 1.82) is 0 Å². The number of nitrogens with one attached hydrogen (secondary N) is 1. The zero-order chi connectivity index (χ0) is 20.4. The average Bonchev–Trinajstić information content (AvgIpc) is 2.69. The lowest BCUT2D eigenvalue weighted by atomic mass is 10.1. The number of amides is 1. The van der Waals surface area contributed by atoms with Crippen LogP contribution in [0.5, 0.6) is 5.75 Å². The fourth-order valence-electron chi connectivity index (χ4n) is 2.53. The standard InChI is InChI=1S/C20H23Br2N3O3/c21-16-11-15(12-17(22)19(16)28-10-4-8-23)13-18(25-27)20(26)24-9-7-14-5-2-1-3-6-14/h1-3,5-6,11-12,27H,4,7-10,13,23H2,(H,24,26)/b25-18+. The molecule has 0 saturated carbocycles. The molecule has 0 saturated heterocycles. The molecule has 150 valence electrons. The van der Waals surface area contributed by atoms with Crippen LogP contribution in [0.15, 0.2) is 56.6 Å². The van der Waals surface area contributed by atoms with Crippen LogP contribution in [0.4, 0.5) is 0 Å². The molecule has 0 aliphatic heterocycles. The van der Waals surface area contributed by atoms with Gasteiger partial charge in [-0.25, -0.2) is 0 Å². The maximum absolute atomic E-state index is 12.3. The minimum Gasteiger partial charge on any atom is -0.491 e. The summed E-state index contributed by atoms with van der Waals surface area (Å²) in [5, 5.41) is 15.2. The topological polar surface area (TPSA) is 96.9 Å². The summed E-state index contributed by atoms with van der Waals surface area (Å²) in [6, 6.07) is 13.5. The van der Waals surface area contributed by atoms with E-state index in [1.54, 1.807) is 0 Å². The van der Waals surface area contributed by atoms with E-state index < -0.39 is 5.91 Å². The molecule has 0 bridgehead atoms. The number of oxime groups is 1. The number of ether oxygens (including phenoxy) is 1. The second kappa shape index (κ2) is 11.8. The highest BCUT2D eigenvalue weighted by molar-refractivity contribution is 9.11. The van der Waals surface area contributed by atoms with Crippen molar-refractivity contribution in [3.8, 4) is 5.75 Å². The van der Waals surface area contributed by atoms with Gasteiger partial charge < -0.3 is 21.0 Å². The molecule has 0 aliphatic carbocycles. The molecular formula is C20H23Br2N3O3.